The molecular formula is C22H22N4O2. The second kappa shape index (κ2) is 7.20. The van der Waals surface area contributed by atoms with E-state index < -0.39 is 0 Å². The van der Waals surface area contributed by atoms with Crippen LogP contribution < -0.4 is 0 Å². The number of benzene rings is 2. The van der Waals surface area contributed by atoms with E-state index in [9.17, 15) is 4.79 Å². The van der Waals surface area contributed by atoms with Crippen LogP contribution in [0.3, 0.4) is 0 Å². The van der Waals surface area contributed by atoms with Crippen LogP contribution in [0.1, 0.15) is 23.7 Å². The SMILES string of the molecule is O=C(CCc1ccccc1)N1C[C@@H]2[C@@H](C1)OCc1c(-c3ccccc3)nnn12. The van der Waals surface area contributed by atoms with Crippen molar-refractivity contribution < 1.29 is 9.53 Å². The van der Waals surface area contributed by atoms with Crippen LogP contribution in [-0.4, -0.2) is 45.0 Å². The van der Waals surface area contributed by atoms with Gasteiger partial charge in [-0.25, -0.2) is 4.68 Å². The van der Waals surface area contributed by atoms with Crippen molar-refractivity contribution in [1.82, 2.24) is 19.9 Å². The predicted molar refractivity (Wildman–Crippen MR) is 104 cm³/mol. The normalized spacial score (nSPS) is 20.6. The Morgan fingerprint density at radius 2 is 1.79 bits per heavy atom. The Kier molecular flexibility index (Phi) is 4.41. The van der Waals surface area contributed by atoms with E-state index in [2.05, 4.69) is 22.4 Å². The summed E-state index contributed by atoms with van der Waals surface area (Å²) >= 11 is 0. The average molecular weight is 374 g/mol. The maximum absolute atomic E-state index is 12.7. The summed E-state index contributed by atoms with van der Waals surface area (Å²) in [6, 6.07) is 20.2. The van der Waals surface area contributed by atoms with Crippen molar-refractivity contribution in [3.8, 4) is 11.3 Å². The first kappa shape index (κ1) is 17.1. The maximum atomic E-state index is 12.7. The molecule has 2 atom stereocenters. The lowest BCUT2D eigenvalue weighted by Crippen LogP contribution is -2.32. The van der Waals surface area contributed by atoms with Crippen molar-refractivity contribution >= 4 is 5.91 Å². The molecular weight excluding hydrogens is 352 g/mol. The Morgan fingerprint density at radius 1 is 1.04 bits per heavy atom. The number of carbonyl (C=O) groups is 1. The van der Waals surface area contributed by atoms with Gasteiger partial charge in [-0.3, -0.25) is 4.79 Å². The molecule has 142 valence electrons. The Hall–Kier alpha value is -2.99. The highest BCUT2D eigenvalue weighted by atomic mass is 16.5. The van der Waals surface area contributed by atoms with E-state index in [1.165, 1.54) is 5.56 Å². The minimum absolute atomic E-state index is 0.0153. The van der Waals surface area contributed by atoms with Gasteiger partial charge in [0.25, 0.3) is 0 Å². The van der Waals surface area contributed by atoms with Crippen LogP contribution in [0.2, 0.25) is 0 Å². The standard InChI is InChI=1S/C22H22N4O2/c27-21(12-11-16-7-3-1-4-8-16)25-13-18-20(14-25)28-15-19-22(23-24-26(18)19)17-9-5-2-6-10-17/h1-10,18,20H,11-15H2/t18-,20-/m1/s1. The first-order chi connectivity index (χ1) is 13.8. The van der Waals surface area contributed by atoms with Crippen LogP contribution in [-0.2, 0) is 22.6 Å². The number of ether oxygens (including phenoxy) is 1. The lowest BCUT2D eigenvalue weighted by Gasteiger charge is -2.26. The highest BCUT2D eigenvalue weighted by Crippen LogP contribution is 2.34. The Labute approximate surface area is 163 Å². The summed E-state index contributed by atoms with van der Waals surface area (Å²) in [6.45, 7) is 1.73. The van der Waals surface area contributed by atoms with Crippen molar-refractivity contribution in [2.24, 2.45) is 0 Å². The minimum atomic E-state index is -0.0153. The topological polar surface area (TPSA) is 60.3 Å². The first-order valence-corrected chi connectivity index (χ1v) is 9.72. The van der Waals surface area contributed by atoms with Crippen LogP contribution in [0.25, 0.3) is 11.3 Å². The van der Waals surface area contributed by atoms with E-state index in [0.717, 1.165) is 23.4 Å². The zero-order valence-corrected chi connectivity index (χ0v) is 15.6. The molecule has 1 amide bonds. The summed E-state index contributed by atoms with van der Waals surface area (Å²) in [4.78, 5) is 14.6. The third kappa shape index (κ3) is 3.10. The highest BCUT2D eigenvalue weighted by molar-refractivity contribution is 5.77. The number of carbonyl (C=O) groups excluding carboxylic acids is 1. The van der Waals surface area contributed by atoms with Gasteiger partial charge in [-0.15, -0.1) is 5.10 Å². The first-order valence-electron chi connectivity index (χ1n) is 9.72. The van der Waals surface area contributed by atoms with Gasteiger partial charge in [-0.05, 0) is 12.0 Å². The molecule has 2 aliphatic rings. The molecule has 0 saturated carbocycles. The van der Waals surface area contributed by atoms with E-state index in [0.29, 0.717) is 26.1 Å². The molecule has 0 unspecified atom stereocenters. The molecule has 2 aliphatic heterocycles. The van der Waals surface area contributed by atoms with Crippen molar-refractivity contribution in [2.75, 3.05) is 13.1 Å². The van der Waals surface area contributed by atoms with Crippen LogP contribution in [0.5, 0.6) is 0 Å². The van der Waals surface area contributed by atoms with E-state index in [4.69, 9.17) is 4.74 Å². The Balaban J connectivity index is 1.30. The summed E-state index contributed by atoms with van der Waals surface area (Å²) in [7, 11) is 0. The highest BCUT2D eigenvalue weighted by Gasteiger charge is 2.42. The zero-order chi connectivity index (χ0) is 18.9. The number of aromatic nitrogens is 3. The summed E-state index contributed by atoms with van der Waals surface area (Å²) < 4.78 is 8.07. The van der Waals surface area contributed by atoms with E-state index >= 15 is 0 Å². The van der Waals surface area contributed by atoms with Crippen molar-refractivity contribution in [3.63, 3.8) is 0 Å². The summed E-state index contributed by atoms with van der Waals surface area (Å²) in [6.07, 6.45) is 1.26. The number of amides is 1. The van der Waals surface area contributed by atoms with Crippen molar-refractivity contribution in [2.45, 2.75) is 31.6 Å². The van der Waals surface area contributed by atoms with Gasteiger partial charge in [0.2, 0.25) is 5.91 Å². The maximum Gasteiger partial charge on any atom is 0.223 e. The molecule has 0 radical (unpaired) electrons. The molecule has 28 heavy (non-hydrogen) atoms. The lowest BCUT2D eigenvalue weighted by atomic mass is 10.1. The molecule has 2 aromatic carbocycles. The van der Waals surface area contributed by atoms with E-state index in [1.807, 2.05) is 58.1 Å². The van der Waals surface area contributed by atoms with Gasteiger partial charge in [-0.1, -0.05) is 65.9 Å². The fraction of sp³-hybridized carbons (Fsp3) is 0.318. The molecule has 1 saturated heterocycles. The Bertz CT molecular complexity index is 971. The van der Waals surface area contributed by atoms with E-state index in [1.54, 1.807) is 0 Å². The molecule has 1 fully saturated rings. The molecule has 3 heterocycles. The molecule has 0 spiro atoms. The number of hydrogen-bond acceptors (Lipinski definition) is 4. The van der Waals surface area contributed by atoms with Crippen LogP contribution in [0.15, 0.2) is 60.7 Å². The van der Waals surface area contributed by atoms with Crippen LogP contribution in [0.4, 0.5) is 0 Å². The fourth-order valence-corrected chi connectivity index (χ4v) is 4.13. The number of nitrogens with zero attached hydrogens (tertiary/aromatic N) is 4. The van der Waals surface area contributed by atoms with Crippen LogP contribution in [0, 0.1) is 0 Å². The van der Waals surface area contributed by atoms with Gasteiger partial charge in [0, 0.05) is 25.1 Å². The average Bonchev–Trinajstić information content (AvgIpc) is 3.37. The van der Waals surface area contributed by atoms with Gasteiger partial charge >= 0.3 is 0 Å². The summed E-state index contributed by atoms with van der Waals surface area (Å²) in [5, 5.41) is 8.82. The third-order valence-electron chi connectivity index (χ3n) is 5.65. The number of rotatable bonds is 4. The Morgan fingerprint density at radius 3 is 2.57 bits per heavy atom. The van der Waals surface area contributed by atoms with Crippen LogP contribution >= 0.6 is 0 Å². The van der Waals surface area contributed by atoms with Crippen molar-refractivity contribution in [1.29, 1.82) is 0 Å². The van der Waals surface area contributed by atoms with Gasteiger partial charge < -0.3 is 9.64 Å². The molecule has 6 heteroatoms. The number of fused-ring (bicyclic) bond motifs is 3. The summed E-state index contributed by atoms with van der Waals surface area (Å²) in [5.41, 5.74) is 4.09. The van der Waals surface area contributed by atoms with E-state index in [-0.39, 0.29) is 18.1 Å². The molecule has 5 rings (SSSR count). The molecule has 6 nitrogen and oxygen atoms in total. The quantitative estimate of drug-likeness (QED) is 0.705. The molecule has 1 aromatic heterocycles. The number of aryl methyl sites for hydroxylation is 1. The molecule has 0 bridgehead atoms. The third-order valence-corrected chi connectivity index (χ3v) is 5.65. The number of likely N-dealkylation sites (tertiary alicyclic amines) is 1. The second-order valence-electron chi connectivity index (χ2n) is 7.40. The number of hydrogen-bond donors (Lipinski definition) is 0. The largest absolute Gasteiger partial charge is 0.368 e. The minimum Gasteiger partial charge on any atom is -0.368 e. The smallest absolute Gasteiger partial charge is 0.223 e. The van der Waals surface area contributed by atoms with Gasteiger partial charge in [0.1, 0.15) is 5.69 Å². The second-order valence-corrected chi connectivity index (χ2v) is 7.40. The molecule has 0 N–H and O–H groups in total. The van der Waals surface area contributed by atoms with Gasteiger partial charge in [0.15, 0.2) is 0 Å². The molecule has 3 aromatic rings. The monoisotopic (exact) mass is 374 g/mol. The van der Waals surface area contributed by atoms with Gasteiger partial charge in [0.05, 0.1) is 24.4 Å². The lowest BCUT2D eigenvalue weighted by molar-refractivity contribution is -0.130. The molecule has 0 aliphatic carbocycles. The van der Waals surface area contributed by atoms with Crippen molar-refractivity contribution in [3.05, 3.63) is 71.9 Å². The predicted octanol–water partition coefficient (Wildman–Crippen LogP) is 2.86. The fourth-order valence-electron chi connectivity index (χ4n) is 4.13. The zero-order valence-electron chi connectivity index (χ0n) is 15.6. The summed E-state index contributed by atoms with van der Waals surface area (Å²) in [5.74, 6) is 0.173. The van der Waals surface area contributed by atoms with Gasteiger partial charge in [-0.2, -0.15) is 0 Å².